The van der Waals surface area contributed by atoms with Gasteiger partial charge in [-0.05, 0) is 44.0 Å². The lowest BCUT2D eigenvalue weighted by Crippen LogP contribution is -2.30. The molecule has 150 valence electrons. The molecule has 2 aromatic heterocycles. The summed E-state index contributed by atoms with van der Waals surface area (Å²) in [5, 5.41) is 0.650. The van der Waals surface area contributed by atoms with Crippen LogP contribution in [-0.2, 0) is 16.6 Å². The van der Waals surface area contributed by atoms with Crippen molar-refractivity contribution >= 4 is 32.4 Å². The Labute approximate surface area is 169 Å². The second-order valence-corrected chi connectivity index (χ2v) is 9.11. The Morgan fingerprint density at radius 1 is 1.29 bits per heavy atom. The first-order chi connectivity index (χ1) is 13.2. The first-order valence-corrected chi connectivity index (χ1v) is 11.4. The maximum Gasteiger partial charge on any atom is 0.284 e. The van der Waals surface area contributed by atoms with Crippen molar-refractivity contribution in [3.8, 4) is 0 Å². The highest BCUT2D eigenvalue weighted by Crippen LogP contribution is 2.28. The monoisotopic (exact) mass is 420 g/mol. The molecule has 2 aromatic rings. The summed E-state index contributed by atoms with van der Waals surface area (Å²) in [5.74, 6) is -0.717. The van der Waals surface area contributed by atoms with Crippen LogP contribution < -0.4 is 9.62 Å². The van der Waals surface area contributed by atoms with Gasteiger partial charge in [0.05, 0.1) is 6.26 Å². The molecule has 0 spiro atoms. The van der Waals surface area contributed by atoms with Crippen molar-refractivity contribution in [2.24, 2.45) is 0 Å². The Hall–Kier alpha value is -2.52. The third kappa shape index (κ3) is 6.28. The van der Waals surface area contributed by atoms with Gasteiger partial charge in [-0.1, -0.05) is 18.2 Å². The van der Waals surface area contributed by atoms with Crippen LogP contribution >= 0.6 is 11.3 Å². The van der Waals surface area contributed by atoms with E-state index >= 15 is 0 Å². The maximum atomic E-state index is 12.3. The van der Waals surface area contributed by atoms with Gasteiger partial charge in [0, 0.05) is 30.4 Å². The number of carbonyl (C=O) groups excluding carboxylic acids is 1. The van der Waals surface area contributed by atoms with E-state index in [1.54, 1.807) is 19.3 Å². The summed E-state index contributed by atoms with van der Waals surface area (Å²) < 4.78 is 24.7. The van der Waals surface area contributed by atoms with Crippen molar-refractivity contribution in [3.05, 3.63) is 64.5 Å². The third-order valence-electron chi connectivity index (χ3n) is 3.80. The molecule has 0 aliphatic carbocycles. The molecule has 2 rings (SSSR count). The molecule has 2 heterocycles. The largest absolute Gasteiger partial charge is 0.339 e. The minimum atomic E-state index is -3.65. The van der Waals surface area contributed by atoms with E-state index < -0.39 is 15.9 Å². The smallest absolute Gasteiger partial charge is 0.284 e. The second-order valence-electron chi connectivity index (χ2n) is 6.18. The molecule has 7 nitrogen and oxygen atoms in total. The van der Waals surface area contributed by atoms with Gasteiger partial charge in [0.25, 0.3) is 5.91 Å². The van der Waals surface area contributed by atoms with Gasteiger partial charge in [0.2, 0.25) is 10.0 Å². The topological polar surface area (TPSA) is 92.3 Å². The predicted molar refractivity (Wildman–Crippen MR) is 113 cm³/mol. The average molecular weight is 421 g/mol. The maximum absolute atomic E-state index is 12.3. The van der Waals surface area contributed by atoms with Crippen LogP contribution in [0.15, 0.2) is 48.3 Å². The van der Waals surface area contributed by atoms with Gasteiger partial charge >= 0.3 is 0 Å². The molecule has 0 saturated carbocycles. The minimum absolute atomic E-state index is 0.123. The molecular formula is C19H24N4O3S2. The van der Waals surface area contributed by atoms with Crippen molar-refractivity contribution in [3.63, 3.8) is 0 Å². The van der Waals surface area contributed by atoms with Crippen molar-refractivity contribution < 1.29 is 13.2 Å². The van der Waals surface area contributed by atoms with Gasteiger partial charge in [-0.2, -0.15) is 0 Å². The molecule has 0 unspecified atom stereocenters. The standard InChI is InChI=1S/C19H24N4O3S2/c1-5-7-15(6-2)12-23(13-16-8-10-20-11-9-16)19-21-17(14(3)27-19)18(24)22-28(4,25)26/h5-11H,12-13H2,1-4H3,(H,22,24)/b7-5-,15-6+. The Kier molecular flexibility index (Phi) is 7.47. The molecule has 9 heteroatoms. The van der Waals surface area contributed by atoms with E-state index in [9.17, 15) is 13.2 Å². The van der Waals surface area contributed by atoms with Crippen molar-refractivity contribution in [1.82, 2.24) is 14.7 Å². The number of hydrogen-bond donors (Lipinski definition) is 1. The molecule has 0 aliphatic heterocycles. The number of nitrogens with one attached hydrogen (secondary N) is 1. The molecule has 0 aliphatic rings. The first-order valence-electron chi connectivity index (χ1n) is 8.64. The second kappa shape index (κ2) is 9.61. The van der Waals surface area contributed by atoms with Gasteiger partial charge in [-0.3, -0.25) is 9.78 Å². The predicted octanol–water partition coefficient (Wildman–Crippen LogP) is 3.06. The summed E-state index contributed by atoms with van der Waals surface area (Å²) in [7, 11) is -3.65. The average Bonchev–Trinajstić information content (AvgIpc) is 3.02. The molecule has 1 N–H and O–H groups in total. The van der Waals surface area contributed by atoms with Gasteiger partial charge in [-0.15, -0.1) is 11.3 Å². The van der Waals surface area contributed by atoms with Crippen LogP contribution in [0.4, 0.5) is 5.13 Å². The number of hydrogen-bond acceptors (Lipinski definition) is 7. The summed E-state index contributed by atoms with van der Waals surface area (Å²) in [4.78, 5) is 23.5. The number of thiazole rings is 1. The summed E-state index contributed by atoms with van der Waals surface area (Å²) in [6.07, 6.45) is 10.4. The fourth-order valence-corrected chi connectivity index (χ4v) is 3.86. The highest BCUT2D eigenvalue weighted by molar-refractivity contribution is 7.89. The van der Waals surface area contributed by atoms with Crippen LogP contribution in [0.3, 0.4) is 0 Å². The molecule has 0 bridgehead atoms. The summed E-state index contributed by atoms with van der Waals surface area (Å²) in [6, 6.07) is 3.85. The van der Waals surface area contributed by atoms with Crippen LogP contribution in [0.25, 0.3) is 0 Å². The fourth-order valence-electron chi connectivity index (χ4n) is 2.52. The Bertz CT molecular complexity index is 980. The zero-order valence-electron chi connectivity index (χ0n) is 16.3. The lowest BCUT2D eigenvalue weighted by atomic mass is 10.2. The first kappa shape index (κ1) is 21.8. The van der Waals surface area contributed by atoms with E-state index in [0.717, 1.165) is 17.4 Å². The van der Waals surface area contributed by atoms with Gasteiger partial charge in [0.1, 0.15) is 5.69 Å². The van der Waals surface area contributed by atoms with Gasteiger partial charge < -0.3 is 4.90 Å². The lowest BCUT2D eigenvalue weighted by molar-refractivity contribution is 0.0977. The van der Waals surface area contributed by atoms with E-state index in [1.807, 2.05) is 48.9 Å². The summed E-state index contributed by atoms with van der Waals surface area (Å²) in [6.45, 7) is 6.86. The van der Waals surface area contributed by atoms with E-state index in [1.165, 1.54) is 11.3 Å². The Balaban J connectivity index is 2.37. The number of sulfonamides is 1. The van der Waals surface area contributed by atoms with E-state index in [-0.39, 0.29) is 5.69 Å². The number of carbonyl (C=O) groups is 1. The highest BCUT2D eigenvalue weighted by Gasteiger charge is 2.21. The number of aromatic nitrogens is 2. The molecule has 1 amide bonds. The summed E-state index contributed by atoms with van der Waals surface area (Å²) >= 11 is 1.36. The van der Waals surface area contributed by atoms with Gasteiger partial charge in [0.15, 0.2) is 5.13 Å². The molecule has 0 aromatic carbocycles. The number of anilines is 1. The van der Waals surface area contributed by atoms with Crippen LogP contribution in [0.5, 0.6) is 0 Å². The van der Waals surface area contributed by atoms with Crippen LogP contribution in [0, 0.1) is 6.92 Å². The van der Waals surface area contributed by atoms with E-state index in [4.69, 9.17) is 0 Å². The van der Waals surface area contributed by atoms with Crippen LogP contribution in [0.1, 0.15) is 34.8 Å². The number of rotatable bonds is 8. The van der Waals surface area contributed by atoms with Crippen molar-refractivity contribution in [2.75, 3.05) is 17.7 Å². The van der Waals surface area contributed by atoms with E-state index in [2.05, 4.69) is 14.9 Å². The number of aryl methyl sites for hydroxylation is 1. The van der Waals surface area contributed by atoms with Crippen LogP contribution in [-0.4, -0.2) is 37.1 Å². The molecule has 28 heavy (non-hydrogen) atoms. The van der Waals surface area contributed by atoms with Gasteiger partial charge in [-0.25, -0.2) is 18.1 Å². The zero-order chi connectivity index (χ0) is 20.7. The normalized spacial score (nSPS) is 12.4. The van der Waals surface area contributed by atoms with E-state index in [0.29, 0.717) is 23.1 Å². The summed E-state index contributed by atoms with van der Waals surface area (Å²) in [5.41, 5.74) is 2.28. The molecule has 0 atom stereocenters. The SMILES string of the molecule is C/C=C\C(=C/C)CN(Cc1ccncc1)c1nc(C(=O)NS(C)(=O)=O)c(C)s1. The molecular weight excluding hydrogens is 396 g/mol. The Morgan fingerprint density at radius 3 is 2.54 bits per heavy atom. The number of pyridine rings is 1. The molecule has 0 saturated heterocycles. The number of amides is 1. The Morgan fingerprint density at radius 2 is 1.96 bits per heavy atom. The quantitative estimate of drug-likeness (QED) is 0.660. The van der Waals surface area contributed by atoms with Crippen molar-refractivity contribution in [2.45, 2.75) is 27.3 Å². The number of nitrogens with zero attached hydrogens (tertiary/aromatic N) is 3. The zero-order valence-corrected chi connectivity index (χ0v) is 18.0. The van der Waals surface area contributed by atoms with Crippen LogP contribution in [0.2, 0.25) is 0 Å². The van der Waals surface area contributed by atoms with Crippen molar-refractivity contribution in [1.29, 1.82) is 0 Å². The fraction of sp³-hybridized carbons (Fsp3) is 0.316. The molecule has 0 fully saturated rings. The lowest BCUT2D eigenvalue weighted by Gasteiger charge is -2.22. The highest BCUT2D eigenvalue weighted by atomic mass is 32.2. The molecule has 0 radical (unpaired) electrons. The number of allylic oxidation sites excluding steroid dienone is 2. The third-order valence-corrected chi connectivity index (χ3v) is 5.38. The minimum Gasteiger partial charge on any atom is -0.339 e.